The number of ether oxygens (including phenoxy) is 1. The first-order valence-corrected chi connectivity index (χ1v) is 5.88. The third-order valence-corrected chi connectivity index (χ3v) is 2.91. The average Bonchev–Trinajstić information content (AvgIpc) is 2.36. The molecular formula is C15H18N2O. The predicted octanol–water partition coefficient (Wildman–Crippen LogP) is 3.64. The summed E-state index contributed by atoms with van der Waals surface area (Å²) >= 11 is 0. The van der Waals surface area contributed by atoms with Crippen LogP contribution in [-0.2, 0) is 0 Å². The quantitative estimate of drug-likeness (QED) is 0.808. The summed E-state index contributed by atoms with van der Waals surface area (Å²) in [5, 5.41) is 3.38. The van der Waals surface area contributed by atoms with Crippen molar-refractivity contribution in [3.63, 3.8) is 0 Å². The molecule has 2 aromatic carbocycles. The number of nitrogens with one attached hydrogen (secondary N) is 1. The molecule has 0 amide bonds. The molecule has 0 aliphatic rings. The Morgan fingerprint density at radius 2 is 1.83 bits per heavy atom. The van der Waals surface area contributed by atoms with Gasteiger partial charge < -0.3 is 15.8 Å². The van der Waals surface area contributed by atoms with Gasteiger partial charge in [0.05, 0.1) is 12.8 Å². The number of methoxy groups -OCH3 is 1. The number of nitrogen functional groups attached to an aromatic ring is 1. The first-order chi connectivity index (χ1) is 8.60. The Kier molecular flexibility index (Phi) is 3.42. The highest BCUT2D eigenvalue weighted by Crippen LogP contribution is 2.28. The van der Waals surface area contributed by atoms with Crippen molar-refractivity contribution in [1.82, 2.24) is 0 Å². The van der Waals surface area contributed by atoms with Crippen LogP contribution in [-0.4, -0.2) is 7.11 Å². The first kappa shape index (κ1) is 12.3. The van der Waals surface area contributed by atoms with Crippen LogP contribution in [0.5, 0.6) is 5.75 Å². The van der Waals surface area contributed by atoms with Crippen LogP contribution in [0.15, 0.2) is 36.4 Å². The minimum Gasteiger partial charge on any atom is -0.495 e. The molecule has 3 N–H and O–H groups in total. The summed E-state index contributed by atoms with van der Waals surface area (Å²) in [6, 6.07) is 12.0. The fourth-order valence-electron chi connectivity index (χ4n) is 1.81. The Bertz CT molecular complexity index is 564. The lowest BCUT2D eigenvalue weighted by Crippen LogP contribution is -1.97. The van der Waals surface area contributed by atoms with Gasteiger partial charge in [-0.25, -0.2) is 0 Å². The van der Waals surface area contributed by atoms with E-state index in [-0.39, 0.29) is 0 Å². The van der Waals surface area contributed by atoms with Crippen LogP contribution in [0, 0.1) is 13.8 Å². The Labute approximate surface area is 108 Å². The van der Waals surface area contributed by atoms with Gasteiger partial charge in [-0.3, -0.25) is 0 Å². The Balaban J connectivity index is 2.31. The van der Waals surface area contributed by atoms with Gasteiger partial charge in [0.15, 0.2) is 0 Å². The summed E-state index contributed by atoms with van der Waals surface area (Å²) in [6.07, 6.45) is 0. The molecular weight excluding hydrogens is 224 g/mol. The maximum absolute atomic E-state index is 5.79. The Morgan fingerprint density at radius 3 is 2.56 bits per heavy atom. The number of hydrogen-bond acceptors (Lipinski definition) is 3. The number of benzene rings is 2. The van der Waals surface area contributed by atoms with Crippen LogP contribution < -0.4 is 15.8 Å². The van der Waals surface area contributed by atoms with E-state index in [4.69, 9.17) is 10.5 Å². The van der Waals surface area contributed by atoms with Crippen LogP contribution in [0.4, 0.5) is 17.1 Å². The van der Waals surface area contributed by atoms with Gasteiger partial charge in [0.1, 0.15) is 5.75 Å². The molecule has 94 valence electrons. The highest BCUT2D eigenvalue weighted by molar-refractivity contribution is 5.68. The van der Waals surface area contributed by atoms with Crippen LogP contribution in [0.1, 0.15) is 11.1 Å². The fourth-order valence-corrected chi connectivity index (χ4v) is 1.81. The lowest BCUT2D eigenvalue weighted by Gasteiger charge is -2.12. The molecule has 0 spiro atoms. The van der Waals surface area contributed by atoms with E-state index in [9.17, 15) is 0 Å². The molecule has 0 atom stereocenters. The highest BCUT2D eigenvalue weighted by Gasteiger charge is 2.03. The van der Waals surface area contributed by atoms with Crippen LogP contribution in [0.3, 0.4) is 0 Å². The molecule has 18 heavy (non-hydrogen) atoms. The van der Waals surface area contributed by atoms with Crippen molar-refractivity contribution >= 4 is 17.1 Å². The van der Waals surface area contributed by atoms with Crippen LogP contribution in [0.25, 0.3) is 0 Å². The molecule has 0 aliphatic heterocycles. The zero-order valence-corrected chi connectivity index (χ0v) is 10.9. The number of hydrogen-bond donors (Lipinski definition) is 2. The number of anilines is 3. The summed E-state index contributed by atoms with van der Waals surface area (Å²) in [4.78, 5) is 0. The number of rotatable bonds is 3. The van der Waals surface area contributed by atoms with Gasteiger partial charge in [0.2, 0.25) is 0 Å². The zero-order valence-electron chi connectivity index (χ0n) is 10.9. The lowest BCUT2D eigenvalue weighted by molar-refractivity contribution is 0.417. The molecule has 0 aliphatic carbocycles. The van der Waals surface area contributed by atoms with Gasteiger partial charge in [-0.2, -0.15) is 0 Å². The molecule has 0 bridgehead atoms. The topological polar surface area (TPSA) is 47.3 Å². The maximum Gasteiger partial charge on any atom is 0.143 e. The van der Waals surface area contributed by atoms with E-state index in [2.05, 4.69) is 37.4 Å². The lowest BCUT2D eigenvalue weighted by atomic mass is 10.1. The molecule has 3 heteroatoms. The molecule has 2 rings (SSSR count). The molecule has 0 radical (unpaired) electrons. The van der Waals surface area contributed by atoms with Gasteiger partial charge in [-0.15, -0.1) is 0 Å². The van der Waals surface area contributed by atoms with E-state index in [1.165, 1.54) is 11.1 Å². The van der Waals surface area contributed by atoms with Crippen molar-refractivity contribution in [1.29, 1.82) is 0 Å². The summed E-state index contributed by atoms with van der Waals surface area (Å²) in [6.45, 7) is 4.16. The monoisotopic (exact) mass is 242 g/mol. The van der Waals surface area contributed by atoms with E-state index >= 15 is 0 Å². The standard InChI is InChI=1S/C15H18N2O/c1-10-4-5-11(2)14(8-10)17-12-6-7-13(16)15(9-12)18-3/h4-9,17H,16H2,1-3H3. The third kappa shape index (κ3) is 2.56. The molecule has 2 aromatic rings. The number of nitrogens with two attached hydrogens (primary N) is 1. The highest BCUT2D eigenvalue weighted by atomic mass is 16.5. The van der Waals surface area contributed by atoms with Crippen LogP contribution in [0.2, 0.25) is 0 Å². The second-order valence-corrected chi connectivity index (χ2v) is 4.40. The largest absolute Gasteiger partial charge is 0.495 e. The van der Waals surface area contributed by atoms with Crippen molar-refractivity contribution in [3.05, 3.63) is 47.5 Å². The molecule has 0 saturated heterocycles. The van der Waals surface area contributed by atoms with E-state index in [1.54, 1.807) is 7.11 Å². The van der Waals surface area contributed by atoms with Crippen molar-refractivity contribution in [2.75, 3.05) is 18.2 Å². The van der Waals surface area contributed by atoms with E-state index in [0.717, 1.165) is 11.4 Å². The van der Waals surface area contributed by atoms with Gasteiger partial charge in [0.25, 0.3) is 0 Å². The summed E-state index contributed by atoms with van der Waals surface area (Å²) in [7, 11) is 1.62. The smallest absolute Gasteiger partial charge is 0.143 e. The van der Waals surface area contributed by atoms with Crippen molar-refractivity contribution in [3.8, 4) is 5.75 Å². The van der Waals surface area contributed by atoms with Crippen molar-refractivity contribution < 1.29 is 4.74 Å². The number of aryl methyl sites for hydroxylation is 2. The fraction of sp³-hybridized carbons (Fsp3) is 0.200. The van der Waals surface area contributed by atoms with Gasteiger partial charge in [-0.1, -0.05) is 12.1 Å². The molecule has 0 fully saturated rings. The zero-order chi connectivity index (χ0) is 13.1. The summed E-state index contributed by atoms with van der Waals surface area (Å²) in [5.41, 5.74) is 10.9. The molecule has 0 aromatic heterocycles. The summed E-state index contributed by atoms with van der Waals surface area (Å²) in [5.74, 6) is 0.685. The predicted molar refractivity (Wildman–Crippen MR) is 76.6 cm³/mol. The second-order valence-electron chi connectivity index (χ2n) is 4.40. The molecule has 0 unspecified atom stereocenters. The SMILES string of the molecule is COc1cc(Nc2cc(C)ccc2C)ccc1N. The maximum atomic E-state index is 5.79. The molecule has 0 saturated carbocycles. The second kappa shape index (κ2) is 5.00. The van der Waals surface area contributed by atoms with E-state index in [1.807, 2.05) is 18.2 Å². The normalized spacial score (nSPS) is 10.2. The van der Waals surface area contributed by atoms with Crippen LogP contribution >= 0.6 is 0 Å². The minimum atomic E-state index is 0.643. The van der Waals surface area contributed by atoms with Gasteiger partial charge in [0, 0.05) is 17.4 Å². The van der Waals surface area contributed by atoms with Gasteiger partial charge >= 0.3 is 0 Å². The van der Waals surface area contributed by atoms with E-state index in [0.29, 0.717) is 11.4 Å². The first-order valence-electron chi connectivity index (χ1n) is 5.88. The molecule has 0 heterocycles. The Morgan fingerprint density at radius 1 is 1.06 bits per heavy atom. The third-order valence-electron chi connectivity index (χ3n) is 2.91. The van der Waals surface area contributed by atoms with Gasteiger partial charge in [-0.05, 0) is 43.2 Å². The van der Waals surface area contributed by atoms with E-state index < -0.39 is 0 Å². The summed E-state index contributed by atoms with van der Waals surface area (Å²) < 4.78 is 5.21. The van der Waals surface area contributed by atoms with Crippen molar-refractivity contribution in [2.45, 2.75) is 13.8 Å². The average molecular weight is 242 g/mol. The molecule has 3 nitrogen and oxygen atoms in total. The Hall–Kier alpha value is -2.16. The minimum absolute atomic E-state index is 0.643. The van der Waals surface area contributed by atoms with Crippen molar-refractivity contribution in [2.24, 2.45) is 0 Å².